The smallest absolute Gasteiger partial charge is 0.257 e. The van der Waals surface area contributed by atoms with Gasteiger partial charge in [0, 0.05) is 12.1 Å². The van der Waals surface area contributed by atoms with Crippen molar-refractivity contribution in [1.82, 2.24) is 10.6 Å². The van der Waals surface area contributed by atoms with Gasteiger partial charge >= 0.3 is 0 Å². The molecule has 0 spiro atoms. The molecule has 2 aromatic rings. The number of nitrogens with one attached hydrogen (secondary N) is 2. The molecule has 0 aliphatic carbocycles. The number of hydrogen-bond acceptors (Lipinski definition) is 5. The molecule has 6 nitrogen and oxygen atoms in total. The molecule has 0 aliphatic rings. The highest BCUT2D eigenvalue weighted by molar-refractivity contribution is 7.80. The van der Waals surface area contributed by atoms with Crippen LogP contribution in [-0.2, 0) is 6.54 Å². The minimum Gasteiger partial charge on any atom is -0.494 e. The number of thiocarbonyl (C=S) groups is 1. The summed E-state index contributed by atoms with van der Waals surface area (Å²) >= 11 is 5.25. The van der Waals surface area contributed by atoms with Crippen molar-refractivity contribution in [2.75, 3.05) is 20.3 Å². The van der Waals surface area contributed by atoms with Crippen LogP contribution in [0.2, 0.25) is 0 Å². The number of amides is 1. The summed E-state index contributed by atoms with van der Waals surface area (Å²) in [6.07, 6.45) is 0.980. The van der Waals surface area contributed by atoms with Gasteiger partial charge in [0.05, 0.1) is 20.3 Å². The second-order valence-electron chi connectivity index (χ2n) is 7.11. The molecule has 0 aliphatic heterocycles. The Morgan fingerprint density at radius 3 is 2.60 bits per heavy atom. The monoisotopic (exact) mass is 430 g/mol. The van der Waals surface area contributed by atoms with Gasteiger partial charge in [-0.1, -0.05) is 26.0 Å². The molecule has 0 unspecified atom stereocenters. The molecule has 2 N–H and O–H groups in total. The zero-order valence-electron chi connectivity index (χ0n) is 18.0. The van der Waals surface area contributed by atoms with E-state index < -0.39 is 0 Å². The standard InChI is InChI=1S/C23H30N2O4S/c1-5-28-19-8-6-7-18(14-19)22(26)25-23(30)24-15-17-9-10-20(21(13-17)27-4)29-12-11-16(2)3/h6-10,13-14,16H,5,11-12,15H2,1-4H3,(H2,24,25,26,30). The highest BCUT2D eigenvalue weighted by Crippen LogP contribution is 2.28. The highest BCUT2D eigenvalue weighted by atomic mass is 32.1. The first-order chi connectivity index (χ1) is 14.4. The molecule has 2 aromatic carbocycles. The second kappa shape index (κ2) is 12.0. The first-order valence-electron chi connectivity index (χ1n) is 10.0. The molecule has 0 heterocycles. The summed E-state index contributed by atoms with van der Waals surface area (Å²) in [5.41, 5.74) is 1.44. The largest absolute Gasteiger partial charge is 0.494 e. The van der Waals surface area contributed by atoms with Gasteiger partial charge in [-0.3, -0.25) is 10.1 Å². The van der Waals surface area contributed by atoms with Gasteiger partial charge in [-0.2, -0.15) is 0 Å². The maximum atomic E-state index is 12.4. The lowest BCUT2D eigenvalue weighted by Gasteiger charge is -2.14. The molecule has 7 heteroatoms. The summed E-state index contributed by atoms with van der Waals surface area (Å²) in [4.78, 5) is 12.4. The van der Waals surface area contributed by atoms with Crippen molar-refractivity contribution >= 4 is 23.2 Å². The maximum Gasteiger partial charge on any atom is 0.257 e. The fraction of sp³-hybridized carbons (Fsp3) is 0.391. The molecule has 1 amide bonds. The van der Waals surface area contributed by atoms with Crippen LogP contribution in [0.1, 0.15) is 43.1 Å². The number of hydrogen-bond donors (Lipinski definition) is 2. The number of ether oxygens (including phenoxy) is 3. The van der Waals surface area contributed by atoms with Crippen LogP contribution in [0.4, 0.5) is 0 Å². The maximum absolute atomic E-state index is 12.4. The van der Waals surface area contributed by atoms with E-state index in [1.54, 1.807) is 31.4 Å². The predicted octanol–water partition coefficient (Wildman–Crippen LogP) is 4.32. The van der Waals surface area contributed by atoms with Crippen molar-refractivity contribution in [3.05, 3.63) is 53.6 Å². The summed E-state index contributed by atoms with van der Waals surface area (Å²) in [6, 6.07) is 12.7. The van der Waals surface area contributed by atoms with Crippen LogP contribution in [0.15, 0.2) is 42.5 Å². The quantitative estimate of drug-likeness (QED) is 0.547. The lowest BCUT2D eigenvalue weighted by molar-refractivity contribution is 0.0976. The average Bonchev–Trinajstić information content (AvgIpc) is 2.73. The van der Waals surface area contributed by atoms with Crippen LogP contribution in [0.25, 0.3) is 0 Å². The molecule has 2 rings (SSSR count). The Hall–Kier alpha value is -2.80. The van der Waals surface area contributed by atoms with Crippen LogP contribution in [0.3, 0.4) is 0 Å². The van der Waals surface area contributed by atoms with Gasteiger partial charge in [0.2, 0.25) is 0 Å². The minimum absolute atomic E-state index is 0.248. The molecule has 162 valence electrons. The van der Waals surface area contributed by atoms with E-state index in [0.29, 0.717) is 48.5 Å². The Morgan fingerprint density at radius 2 is 1.90 bits per heavy atom. The number of benzene rings is 2. The fourth-order valence-electron chi connectivity index (χ4n) is 2.64. The zero-order valence-corrected chi connectivity index (χ0v) is 18.8. The van der Waals surface area contributed by atoms with E-state index in [-0.39, 0.29) is 11.0 Å². The number of carbonyl (C=O) groups excluding carboxylic acids is 1. The zero-order chi connectivity index (χ0) is 21.9. The molecule has 0 fully saturated rings. The molecule has 0 saturated heterocycles. The van der Waals surface area contributed by atoms with E-state index in [1.165, 1.54) is 0 Å². The van der Waals surface area contributed by atoms with Crippen LogP contribution >= 0.6 is 12.2 Å². The van der Waals surface area contributed by atoms with Crippen LogP contribution in [-0.4, -0.2) is 31.3 Å². The number of carbonyl (C=O) groups is 1. The van der Waals surface area contributed by atoms with E-state index in [4.69, 9.17) is 26.4 Å². The number of rotatable bonds is 10. The Morgan fingerprint density at radius 1 is 1.10 bits per heavy atom. The van der Waals surface area contributed by atoms with Crippen LogP contribution in [0, 0.1) is 5.92 Å². The molecular weight excluding hydrogens is 400 g/mol. The van der Waals surface area contributed by atoms with E-state index >= 15 is 0 Å². The van der Waals surface area contributed by atoms with Crippen molar-refractivity contribution in [3.8, 4) is 17.2 Å². The Balaban J connectivity index is 1.89. The van der Waals surface area contributed by atoms with Gasteiger partial charge in [-0.05, 0) is 67.4 Å². The van der Waals surface area contributed by atoms with Crippen LogP contribution in [0.5, 0.6) is 17.2 Å². The molecule has 0 saturated carbocycles. The van der Waals surface area contributed by atoms with Crippen molar-refractivity contribution in [3.63, 3.8) is 0 Å². The topological polar surface area (TPSA) is 68.8 Å². The minimum atomic E-state index is -0.291. The lowest BCUT2D eigenvalue weighted by Crippen LogP contribution is -2.38. The normalized spacial score (nSPS) is 10.4. The molecule has 0 bridgehead atoms. The highest BCUT2D eigenvalue weighted by Gasteiger charge is 2.10. The molecular formula is C23H30N2O4S. The third kappa shape index (κ3) is 7.55. The molecule has 30 heavy (non-hydrogen) atoms. The summed E-state index contributed by atoms with van der Waals surface area (Å²) in [7, 11) is 1.61. The van der Waals surface area contributed by atoms with Gasteiger partial charge < -0.3 is 19.5 Å². The lowest BCUT2D eigenvalue weighted by atomic mass is 10.1. The van der Waals surface area contributed by atoms with E-state index in [0.717, 1.165) is 12.0 Å². The molecule has 0 aromatic heterocycles. The van der Waals surface area contributed by atoms with E-state index in [1.807, 2.05) is 25.1 Å². The Kier molecular flexibility index (Phi) is 9.41. The van der Waals surface area contributed by atoms with Crippen LogP contribution < -0.4 is 24.8 Å². The first kappa shape index (κ1) is 23.5. The third-order valence-electron chi connectivity index (χ3n) is 4.27. The third-order valence-corrected chi connectivity index (χ3v) is 4.51. The average molecular weight is 431 g/mol. The Bertz CT molecular complexity index is 855. The van der Waals surface area contributed by atoms with Gasteiger partial charge in [0.15, 0.2) is 16.6 Å². The van der Waals surface area contributed by atoms with Gasteiger partial charge in [-0.15, -0.1) is 0 Å². The van der Waals surface area contributed by atoms with Crippen molar-refractivity contribution in [2.45, 2.75) is 33.7 Å². The van der Waals surface area contributed by atoms with E-state index in [2.05, 4.69) is 24.5 Å². The Labute approximate surface area is 183 Å². The number of methoxy groups -OCH3 is 1. The SMILES string of the molecule is CCOc1cccc(C(=O)NC(=S)NCc2ccc(OCCC(C)C)c(OC)c2)c1. The van der Waals surface area contributed by atoms with Gasteiger partial charge in [0.1, 0.15) is 5.75 Å². The second-order valence-corrected chi connectivity index (χ2v) is 7.52. The summed E-state index contributed by atoms with van der Waals surface area (Å²) in [5.74, 6) is 2.32. The van der Waals surface area contributed by atoms with Crippen molar-refractivity contribution < 1.29 is 19.0 Å². The van der Waals surface area contributed by atoms with E-state index in [9.17, 15) is 4.79 Å². The molecule has 0 atom stereocenters. The first-order valence-corrected chi connectivity index (χ1v) is 10.5. The summed E-state index contributed by atoms with van der Waals surface area (Å²) < 4.78 is 16.7. The molecule has 0 radical (unpaired) electrons. The summed E-state index contributed by atoms with van der Waals surface area (Å²) in [6.45, 7) is 7.84. The fourth-order valence-corrected chi connectivity index (χ4v) is 2.81. The van der Waals surface area contributed by atoms with Crippen molar-refractivity contribution in [2.24, 2.45) is 5.92 Å². The van der Waals surface area contributed by atoms with Gasteiger partial charge in [-0.25, -0.2) is 0 Å². The summed E-state index contributed by atoms with van der Waals surface area (Å²) in [5, 5.41) is 5.97. The van der Waals surface area contributed by atoms with Gasteiger partial charge in [0.25, 0.3) is 5.91 Å². The van der Waals surface area contributed by atoms with Crippen molar-refractivity contribution in [1.29, 1.82) is 0 Å². The predicted molar refractivity (Wildman–Crippen MR) is 122 cm³/mol.